The van der Waals surface area contributed by atoms with E-state index < -0.39 is 0 Å². The van der Waals surface area contributed by atoms with Gasteiger partial charge in [0.1, 0.15) is 0 Å². The Kier molecular flexibility index (Phi) is 4.48. The van der Waals surface area contributed by atoms with Gasteiger partial charge in [0.05, 0.1) is 0 Å². The summed E-state index contributed by atoms with van der Waals surface area (Å²) >= 11 is 0. The molecule has 0 spiro atoms. The van der Waals surface area contributed by atoms with Crippen molar-refractivity contribution in [3.05, 3.63) is 35.9 Å². The first kappa shape index (κ1) is 14.4. The van der Waals surface area contributed by atoms with Crippen LogP contribution in [0.3, 0.4) is 0 Å². The van der Waals surface area contributed by atoms with E-state index in [1.807, 2.05) is 30.3 Å². The summed E-state index contributed by atoms with van der Waals surface area (Å²) in [6.07, 6.45) is 4.15. The largest absolute Gasteiger partial charge is 0.339 e. The van der Waals surface area contributed by atoms with Crippen LogP contribution in [0.15, 0.2) is 30.3 Å². The number of rotatable bonds is 3. The van der Waals surface area contributed by atoms with Gasteiger partial charge in [-0.1, -0.05) is 30.3 Å². The maximum atomic E-state index is 12.3. The van der Waals surface area contributed by atoms with Crippen LogP contribution < -0.4 is 5.73 Å². The third-order valence-corrected chi connectivity index (χ3v) is 4.35. The average Bonchev–Trinajstić information content (AvgIpc) is 3.02. The summed E-state index contributed by atoms with van der Waals surface area (Å²) in [5.41, 5.74) is 7.17. The molecule has 3 unspecified atom stereocenters. The van der Waals surface area contributed by atoms with Crippen molar-refractivity contribution in [2.45, 2.75) is 37.8 Å². The normalized spacial score (nSPS) is 26.1. The standard InChI is InChI=1S/C15H20N2O.ClH/c16-14(12-4-2-1-3-5-12)9-15(18)17-10-11-6-7-13(17)8-11;/h1-5,11,13-14H,6-10,16H2;1H. The Bertz CT molecular complexity index is 437. The van der Waals surface area contributed by atoms with E-state index in [1.54, 1.807) is 0 Å². The molecule has 0 radical (unpaired) electrons. The monoisotopic (exact) mass is 280 g/mol. The average molecular weight is 281 g/mol. The van der Waals surface area contributed by atoms with E-state index >= 15 is 0 Å². The number of carbonyl (C=O) groups is 1. The molecule has 1 aromatic carbocycles. The van der Waals surface area contributed by atoms with Crippen molar-refractivity contribution in [3.63, 3.8) is 0 Å². The van der Waals surface area contributed by atoms with E-state index in [9.17, 15) is 4.79 Å². The molecule has 1 saturated heterocycles. The van der Waals surface area contributed by atoms with Crippen LogP contribution in [-0.2, 0) is 4.79 Å². The number of hydrogen-bond donors (Lipinski definition) is 1. The van der Waals surface area contributed by atoms with Crippen molar-refractivity contribution < 1.29 is 4.79 Å². The van der Waals surface area contributed by atoms with Gasteiger partial charge < -0.3 is 10.6 Å². The van der Waals surface area contributed by atoms with Crippen LogP contribution in [0.25, 0.3) is 0 Å². The second kappa shape index (κ2) is 5.93. The molecule has 2 fully saturated rings. The summed E-state index contributed by atoms with van der Waals surface area (Å²) in [7, 11) is 0. The van der Waals surface area contributed by atoms with Crippen molar-refractivity contribution >= 4 is 18.3 Å². The fraction of sp³-hybridized carbons (Fsp3) is 0.533. The van der Waals surface area contributed by atoms with Gasteiger partial charge in [-0.3, -0.25) is 4.79 Å². The number of halogens is 1. The lowest BCUT2D eigenvalue weighted by atomic mass is 10.0. The predicted molar refractivity (Wildman–Crippen MR) is 78.1 cm³/mol. The number of nitrogens with zero attached hydrogens (tertiary/aromatic N) is 1. The molecule has 2 N–H and O–H groups in total. The molecule has 1 aliphatic carbocycles. The van der Waals surface area contributed by atoms with E-state index in [2.05, 4.69) is 4.90 Å². The molecule has 1 heterocycles. The predicted octanol–water partition coefficient (Wildman–Crippen LogP) is 2.51. The van der Waals surface area contributed by atoms with Gasteiger partial charge in [-0.05, 0) is 30.7 Å². The molecule has 104 valence electrons. The minimum Gasteiger partial charge on any atom is -0.339 e. The Morgan fingerprint density at radius 2 is 2.05 bits per heavy atom. The molecule has 1 saturated carbocycles. The van der Waals surface area contributed by atoms with Gasteiger partial charge in [0.15, 0.2) is 0 Å². The fourth-order valence-corrected chi connectivity index (χ4v) is 3.35. The van der Waals surface area contributed by atoms with Gasteiger partial charge in [-0.15, -0.1) is 12.4 Å². The first-order valence-electron chi connectivity index (χ1n) is 6.84. The number of amides is 1. The van der Waals surface area contributed by atoms with Crippen molar-refractivity contribution in [2.75, 3.05) is 6.54 Å². The van der Waals surface area contributed by atoms with E-state index in [4.69, 9.17) is 5.73 Å². The molecule has 1 aliphatic heterocycles. The van der Waals surface area contributed by atoms with Crippen LogP contribution in [0.4, 0.5) is 0 Å². The van der Waals surface area contributed by atoms with Gasteiger partial charge >= 0.3 is 0 Å². The number of benzene rings is 1. The second-order valence-corrected chi connectivity index (χ2v) is 5.60. The van der Waals surface area contributed by atoms with Gasteiger partial charge in [-0.25, -0.2) is 0 Å². The van der Waals surface area contributed by atoms with Crippen LogP contribution in [0, 0.1) is 5.92 Å². The first-order chi connectivity index (χ1) is 8.74. The van der Waals surface area contributed by atoms with Gasteiger partial charge in [0, 0.05) is 25.0 Å². The molecule has 3 rings (SSSR count). The SMILES string of the molecule is Cl.NC(CC(=O)N1CC2CCC1C2)c1ccccc1. The van der Waals surface area contributed by atoms with E-state index in [0.717, 1.165) is 18.0 Å². The lowest BCUT2D eigenvalue weighted by molar-refractivity contribution is -0.133. The summed E-state index contributed by atoms with van der Waals surface area (Å²) < 4.78 is 0. The zero-order chi connectivity index (χ0) is 12.5. The Balaban J connectivity index is 0.00000133. The van der Waals surface area contributed by atoms with Crippen molar-refractivity contribution in [3.8, 4) is 0 Å². The molecular formula is C15H21ClN2O. The third-order valence-electron chi connectivity index (χ3n) is 4.35. The Morgan fingerprint density at radius 3 is 2.63 bits per heavy atom. The lowest BCUT2D eigenvalue weighted by Crippen LogP contribution is -2.39. The molecule has 4 heteroatoms. The molecule has 1 amide bonds. The lowest BCUT2D eigenvalue weighted by Gasteiger charge is -2.28. The summed E-state index contributed by atoms with van der Waals surface area (Å²) in [5, 5.41) is 0. The van der Waals surface area contributed by atoms with Crippen LogP contribution in [0.5, 0.6) is 0 Å². The number of nitrogens with two attached hydrogens (primary N) is 1. The van der Waals surface area contributed by atoms with Crippen molar-refractivity contribution in [1.29, 1.82) is 0 Å². The first-order valence-corrected chi connectivity index (χ1v) is 6.84. The molecule has 0 aromatic heterocycles. The summed E-state index contributed by atoms with van der Waals surface area (Å²) in [6, 6.07) is 10.2. The summed E-state index contributed by atoms with van der Waals surface area (Å²) in [5.74, 6) is 0.991. The summed E-state index contributed by atoms with van der Waals surface area (Å²) in [6.45, 7) is 0.963. The number of carbonyl (C=O) groups excluding carboxylic acids is 1. The molecular weight excluding hydrogens is 260 g/mol. The number of hydrogen-bond acceptors (Lipinski definition) is 2. The van der Waals surface area contributed by atoms with Gasteiger partial charge in [0.2, 0.25) is 5.91 Å². The molecule has 3 nitrogen and oxygen atoms in total. The van der Waals surface area contributed by atoms with E-state index in [1.165, 1.54) is 19.3 Å². The molecule has 3 atom stereocenters. The van der Waals surface area contributed by atoms with Crippen LogP contribution in [0.2, 0.25) is 0 Å². The van der Waals surface area contributed by atoms with Crippen molar-refractivity contribution in [2.24, 2.45) is 11.7 Å². The zero-order valence-corrected chi connectivity index (χ0v) is 11.8. The Labute approximate surface area is 120 Å². The molecule has 19 heavy (non-hydrogen) atoms. The highest BCUT2D eigenvalue weighted by Crippen LogP contribution is 2.38. The minimum atomic E-state index is -0.169. The van der Waals surface area contributed by atoms with Crippen LogP contribution in [-0.4, -0.2) is 23.4 Å². The fourth-order valence-electron chi connectivity index (χ4n) is 3.35. The van der Waals surface area contributed by atoms with E-state index in [-0.39, 0.29) is 24.4 Å². The topological polar surface area (TPSA) is 46.3 Å². The second-order valence-electron chi connectivity index (χ2n) is 5.60. The highest BCUT2D eigenvalue weighted by Gasteiger charge is 2.40. The summed E-state index contributed by atoms with van der Waals surface area (Å²) in [4.78, 5) is 14.3. The van der Waals surface area contributed by atoms with Crippen LogP contribution >= 0.6 is 12.4 Å². The number of piperidine rings is 1. The molecule has 2 aliphatic rings. The number of fused-ring (bicyclic) bond motifs is 2. The Morgan fingerprint density at radius 1 is 1.32 bits per heavy atom. The van der Waals surface area contributed by atoms with Crippen LogP contribution in [0.1, 0.15) is 37.3 Å². The highest BCUT2D eigenvalue weighted by atomic mass is 35.5. The minimum absolute atomic E-state index is 0. The highest BCUT2D eigenvalue weighted by molar-refractivity contribution is 5.85. The number of likely N-dealkylation sites (tertiary alicyclic amines) is 1. The van der Waals surface area contributed by atoms with E-state index in [0.29, 0.717) is 12.5 Å². The van der Waals surface area contributed by atoms with Crippen molar-refractivity contribution in [1.82, 2.24) is 4.90 Å². The maximum Gasteiger partial charge on any atom is 0.224 e. The third kappa shape index (κ3) is 2.93. The zero-order valence-electron chi connectivity index (χ0n) is 11.0. The van der Waals surface area contributed by atoms with Gasteiger partial charge in [0.25, 0.3) is 0 Å². The quantitative estimate of drug-likeness (QED) is 0.925. The van der Waals surface area contributed by atoms with Gasteiger partial charge in [-0.2, -0.15) is 0 Å². The molecule has 2 bridgehead atoms. The smallest absolute Gasteiger partial charge is 0.224 e. The molecule has 1 aromatic rings. The maximum absolute atomic E-state index is 12.3. The Hall–Kier alpha value is -1.06.